The normalized spacial score (nSPS) is 13.3. The van der Waals surface area contributed by atoms with Crippen LogP contribution in [0.4, 0.5) is 13.2 Å². The summed E-state index contributed by atoms with van der Waals surface area (Å²) in [6, 6.07) is 0. The Kier molecular flexibility index (Phi) is 4.24. The maximum Gasteiger partial charge on any atom is 0.413 e. The molecule has 0 bridgehead atoms. The maximum absolute atomic E-state index is 11.3. The van der Waals surface area contributed by atoms with Crippen LogP contribution in [-0.2, 0) is 14.9 Å². The zero-order valence-electron chi connectivity index (χ0n) is 5.56. The molecule has 0 aromatic rings. The first-order chi connectivity index (χ1) is 5.27. The molecule has 0 saturated carbocycles. The molecular weight excluding hydrogens is 223 g/mol. The van der Waals surface area contributed by atoms with Crippen LogP contribution in [0.15, 0.2) is 0 Å². The molecule has 74 valence electrons. The smallest absolute Gasteiger partial charge is 0.278 e. The van der Waals surface area contributed by atoms with Gasteiger partial charge in [-0.2, -0.15) is 13.2 Å². The van der Waals surface area contributed by atoms with Crippen molar-refractivity contribution in [2.45, 2.75) is 6.18 Å². The molecule has 0 amide bonds. The highest BCUT2D eigenvalue weighted by Gasteiger charge is 2.28. The first-order valence-corrected chi connectivity index (χ1v) is 4.69. The van der Waals surface area contributed by atoms with Gasteiger partial charge in [0.05, 0.1) is 0 Å². The Morgan fingerprint density at radius 2 is 1.92 bits per heavy atom. The molecule has 12 heavy (non-hydrogen) atoms. The van der Waals surface area contributed by atoms with Gasteiger partial charge in [-0.1, -0.05) is 4.89 Å². The monoisotopic (exact) mass is 227 g/mol. The Labute approximate surface area is 71.6 Å². The molecule has 0 fully saturated rings. The van der Waals surface area contributed by atoms with Crippen LogP contribution < -0.4 is 4.89 Å². The molecule has 9 heteroatoms. The van der Waals surface area contributed by atoms with Gasteiger partial charge in [0.2, 0.25) is 10.0 Å². The zero-order chi connectivity index (χ0) is 9.83. The SMILES string of the molecule is O=S(=O)(CCl)NOCC(F)(F)F. The number of sulfonamides is 1. The number of hydrogen-bond donors (Lipinski definition) is 1. The Bertz CT molecular complexity index is 225. The van der Waals surface area contributed by atoms with E-state index >= 15 is 0 Å². The topological polar surface area (TPSA) is 55.4 Å². The van der Waals surface area contributed by atoms with Gasteiger partial charge in [-0.05, 0) is 0 Å². The van der Waals surface area contributed by atoms with Crippen LogP contribution >= 0.6 is 11.6 Å². The zero-order valence-corrected chi connectivity index (χ0v) is 7.13. The summed E-state index contributed by atoms with van der Waals surface area (Å²) >= 11 is 4.83. The molecule has 0 saturated heterocycles. The molecule has 1 N–H and O–H groups in total. The number of rotatable bonds is 4. The first-order valence-electron chi connectivity index (χ1n) is 2.51. The molecule has 0 radical (unpaired) electrons. The van der Waals surface area contributed by atoms with Crippen molar-refractivity contribution >= 4 is 21.6 Å². The number of halogens is 4. The van der Waals surface area contributed by atoms with E-state index in [4.69, 9.17) is 11.6 Å². The average Bonchev–Trinajstić information content (AvgIpc) is 1.84. The van der Waals surface area contributed by atoms with E-state index in [0.717, 1.165) is 0 Å². The van der Waals surface area contributed by atoms with Crippen LogP contribution in [0.5, 0.6) is 0 Å². The molecular formula is C3H5ClF3NO3S. The highest BCUT2D eigenvalue weighted by Crippen LogP contribution is 2.13. The summed E-state index contributed by atoms with van der Waals surface area (Å²) in [5.41, 5.74) is 0. The predicted octanol–water partition coefficient (Wildman–Crippen LogP) is 0.596. The lowest BCUT2D eigenvalue weighted by Crippen LogP contribution is -2.30. The van der Waals surface area contributed by atoms with Gasteiger partial charge in [-0.25, -0.2) is 8.42 Å². The minimum atomic E-state index is -4.57. The van der Waals surface area contributed by atoms with Crippen LogP contribution in [0.25, 0.3) is 0 Å². The maximum atomic E-state index is 11.3. The summed E-state index contributed by atoms with van der Waals surface area (Å²) in [5, 5.41) is -0.856. The lowest BCUT2D eigenvalue weighted by Gasteiger charge is -2.06. The van der Waals surface area contributed by atoms with Crippen molar-refractivity contribution in [3.05, 3.63) is 0 Å². The molecule has 0 unspecified atom stereocenters. The lowest BCUT2D eigenvalue weighted by atomic mass is 10.7. The van der Waals surface area contributed by atoms with E-state index in [1.807, 2.05) is 0 Å². The van der Waals surface area contributed by atoms with Crippen molar-refractivity contribution < 1.29 is 26.4 Å². The summed E-state index contributed by atoms with van der Waals surface area (Å²) in [6.45, 7) is -1.69. The van der Waals surface area contributed by atoms with Crippen molar-refractivity contribution in [1.29, 1.82) is 0 Å². The number of hydrogen-bond acceptors (Lipinski definition) is 3. The Hall–Kier alpha value is -0.0500. The van der Waals surface area contributed by atoms with Gasteiger partial charge in [0.1, 0.15) is 5.21 Å². The van der Waals surface area contributed by atoms with E-state index in [9.17, 15) is 21.6 Å². The quantitative estimate of drug-likeness (QED) is 0.565. The van der Waals surface area contributed by atoms with Crippen LogP contribution in [0, 0.1) is 0 Å². The van der Waals surface area contributed by atoms with Crippen LogP contribution in [0.3, 0.4) is 0 Å². The van der Waals surface area contributed by atoms with Gasteiger partial charge in [-0.3, -0.25) is 4.84 Å². The fourth-order valence-corrected chi connectivity index (χ4v) is 0.640. The van der Waals surface area contributed by atoms with Gasteiger partial charge in [0.15, 0.2) is 6.61 Å². The van der Waals surface area contributed by atoms with Crippen molar-refractivity contribution in [3.63, 3.8) is 0 Å². The van der Waals surface area contributed by atoms with Crippen LogP contribution in [-0.4, -0.2) is 26.4 Å². The summed E-state index contributed by atoms with van der Waals surface area (Å²) in [7, 11) is -3.95. The molecule has 4 nitrogen and oxygen atoms in total. The van der Waals surface area contributed by atoms with E-state index < -0.39 is 28.0 Å². The second-order valence-electron chi connectivity index (χ2n) is 1.71. The van der Waals surface area contributed by atoms with E-state index in [1.54, 1.807) is 0 Å². The Morgan fingerprint density at radius 1 is 1.42 bits per heavy atom. The minimum absolute atomic E-state index is 0.856. The van der Waals surface area contributed by atoms with Gasteiger partial charge >= 0.3 is 6.18 Å². The summed E-state index contributed by atoms with van der Waals surface area (Å²) < 4.78 is 54.7. The summed E-state index contributed by atoms with van der Waals surface area (Å²) in [5.74, 6) is 0. The Balaban J connectivity index is 3.73. The van der Waals surface area contributed by atoms with Crippen molar-refractivity contribution in [2.24, 2.45) is 0 Å². The molecule has 0 aromatic heterocycles. The highest BCUT2D eigenvalue weighted by atomic mass is 35.5. The molecule has 0 aromatic carbocycles. The highest BCUT2D eigenvalue weighted by molar-refractivity contribution is 7.90. The summed E-state index contributed by atoms with van der Waals surface area (Å²) in [4.78, 5) is 4.79. The fourth-order valence-electron chi connectivity index (χ4n) is 0.223. The van der Waals surface area contributed by atoms with E-state index in [2.05, 4.69) is 4.84 Å². The van der Waals surface area contributed by atoms with Gasteiger partial charge in [0, 0.05) is 0 Å². The van der Waals surface area contributed by atoms with Gasteiger partial charge in [-0.15, -0.1) is 11.6 Å². The molecule has 0 atom stereocenters. The molecule has 0 aliphatic heterocycles. The van der Waals surface area contributed by atoms with E-state index in [-0.39, 0.29) is 0 Å². The van der Waals surface area contributed by atoms with Crippen LogP contribution in [0.1, 0.15) is 0 Å². The molecule has 0 aliphatic rings. The second kappa shape index (κ2) is 4.26. The van der Waals surface area contributed by atoms with Gasteiger partial charge < -0.3 is 0 Å². The second-order valence-corrected chi connectivity index (χ2v) is 3.98. The van der Waals surface area contributed by atoms with Crippen molar-refractivity contribution in [3.8, 4) is 0 Å². The molecule has 0 rings (SSSR count). The van der Waals surface area contributed by atoms with E-state index in [1.165, 1.54) is 4.89 Å². The lowest BCUT2D eigenvalue weighted by molar-refractivity contribution is -0.181. The third-order valence-electron chi connectivity index (χ3n) is 0.565. The fraction of sp³-hybridized carbons (Fsp3) is 1.00. The van der Waals surface area contributed by atoms with Crippen molar-refractivity contribution in [2.75, 3.05) is 11.8 Å². The standard InChI is InChI=1S/C3H5ClF3NO3S/c4-2-12(9,10)8-11-1-3(5,6)7/h8H,1-2H2. The third-order valence-corrected chi connectivity index (χ3v) is 2.09. The number of nitrogens with one attached hydrogen (secondary N) is 1. The molecule has 0 aliphatic carbocycles. The van der Waals surface area contributed by atoms with Crippen LogP contribution in [0.2, 0.25) is 0 Å². The third kappa shape index (κ3) is 6.65. The van der Waals surface area contributed by atoms with E-state index in [0.29, 0.717) is 0 Å². The Morgan fingerprint density at radius 3 is 2.25 bits per heavy atom. The molecule has 0 heterocycles. The largest absolute Gasteiger partial charge is 0.413 e. The predicted molar refractivity (Wildman–Crippen MR) is 34.8 cm³/mol. The number of alkyl halides is 4. The first kappa shape index (κ1) is 11.9. The average molecular weight is 228 g/mol. The minimum Gasteiger partial charge on any atom is -0.278 e. The van der Waals surface area contributed by atoms with Gasteiger partial charge in [0.25, 0.3) is 0 Å². The molecule has 0 spiro atoms. The van der Waals surface area contributed by atoms with Crippen molar-refractivity contribution in [1.82, 2.24) is 4.89 Å². The summed E-state index contributed by atoms with van der Waals surface area (Å²) in [6.07, 6.45) is -4.57.